The molecule has 0 radical (unpaired) electrons. The third-order valence-corrected chi connectivity index (χ3v) is 3.63. The predicted octanol–water partition coefficient (Wildman–Crippen LogP) is 2.93. The number of halogens is 3. The molecule has 28 heavy (non-hydrogen) atoms. The van der Waals surface area contributed by atoms with Crippen molar-refractivity contribution in [2.75, 3.05) is 18.5 Å². The summed E-state index contributed by atoms with van der Waals surface area (Å²) in [7, 11) is 0. The molecule has 0 spiro atoms. The highest BCUT2D eigenvalue weighted by atomic mass is 35.5. The second-order valence-electron chi connectivity index (χ2n) is 5.83. The van der Waals surface area contributed by atoms with Crippen molar-refractivity contribution in [2.45, 2.75) is 19.4 Å². The molecule has 9 heteroatoms. The van der Waals surface area contributed by atoms with Gasteiger partial charge in [0.1, 0.15) is 24.0 Å². The lowest BCUT2D eigenvalue weighted by molar-refractivity contribution is -0.120. The second kappa shape index (κ2) is 11.2. The number of benzene rings is 2. The monoisotopic (exact) mass is 413 g/mol. The van der Waals surface area contributed by atoms with Gasteiger partial charge in [-0.25, -0.2) is 8.78 Å². The van der Waals surface area contributed by atoms with Gasteiger partial charge in [-0.3, -0.25) is 9.59 Å². The Bertz CT molecular complexity index is 804. The smallest absolute Gasteiger partial charge is 0.226 e. The number of carbonyl (C=O) groups is 2. The molecule has 0 heterocycles. The average Bonchev–Trinajstić information content (AvgIpc) is 2.60. The van der Waals surface area contributed by atoms with E-state index in [1.807, 2.05) is 0 Å². The first-order valence-electron chi connectivity index (χ1n) is 8.34. The first-order chi connectivity index (χ1) is 12.9. The number of hydrogen-bond donors (Lipinski definition) is 3. The molecule has 6 nitrogen and oxygen atoms in total. The number of carbonyl (C=O) groups excluding carboxylic acids is 2. The molecular formula is C19H22ClF2N3O3. The van der Waals surface area contributed by atoms with Gasteiger partial charge in [0.15, 0.2) is 0 Å². The summed E-state index contributed by atoms with van der Waals surface area (Å²) in [6.07, 6.45) is -0.215. The van der Waals surface area contributed by atoms with Crippen molar-refractivity contribution in [2.24, 2.45) is 5.73 Å². The van der Waals surface area contributed by atoms with E-state index in [4.69, 9.17) is 10.5 Å². The molecule has 1 unspecified atom stereocenters. The molecule has 0 aliphatic rings. The molecule has 0 aromatic heterocycles. The third-order valence-electron chi connectivity index (χ3n) is 3.63. The van der Waals surface area contributed by atoms with Gasteiger partial charge in [0.2, 0.25) is 11.8 Å². The van der Waals surface area contributed by atoms with Crippen LogP contribution in [0.5, 0.6) is 5.75 Å². The summed E-state index contributed by atoms with van der Waals surface area (Å²) in [6.45, 7) is 2.03. The number of nitrogens with one attached hydrogen (secondary N) is 2. The summed E-state index contributed by atoms with van der Waals surface area (Å²) in [5, 5.41) is 5.17. The lowest BCUT2D eigenvalue weighted by Gasteiger charge is -2.19. The minimum Gasteiger partial charge on any atom is -0.492 e. The number of rotatable bonds is 8. The summed E-state index contributed by atoms with van der Waals surface area (Å²) < 4.78 is 32.5. The number of anilines is 1. The maximum absolute atomic E-state index is 14.0. The van der Waals surface area contributed by atoms with E-state index < -0.39 is 29.5 Å². The molecule has 0 bridgehead atoms. The largest absolute Gasteiger partial charge is 0.492 e. The Morgan fingerprint density at radius 3 is 2.39 bits per heavy atom. The molecule has 2 amide bonds. The van der Waals surface area contributed by atoms with Crippen molar-refractivity contribution in [3.8, 4) is 5.75 Å². The minimum atomic E-state index is -0.921. The predicted molar refractivity (Wildman–Crippen MR) is 104 cm³/mol. The van der Waals surface area contributed by atoms with E-state index in [9.17, 15) is 18.4 Å². The lowest BCUT2D eigenvalue weighted by atomic mass is 10.0. The minimum absolute atomic E-state index is 0. The molecule has 1 atom stereocenters. The summed E-state index contributed by atoms with van der Waals surface area (Å²) >= 11 is 0. The first-order valence-corrected chi connectivity index (χ1v) is 8.34. The Labute approximate surface area is 167 Å². The van der Waals surface area contributed by atoms with Gasteiger partial charge in [-0.2, -0.15) is 0 Å². The maximum atomic E-state index is 14.0. The Hall–Kier alpha value is -2.71. The molecule has 2 aromatic carbocycles. The van der Waals surface area contributed by atoms with Crippen LogP contribution in [0.3, 0.4) is 0 Å². The van der Waals surface area contributed by atoms with Crippen molar-refractivity contribution in [3.63, 3.8) is 0 Å². The molecule has 2 rings (SSSR count). The third kappa shape index (κ3) is 7.13. The molecular weight excluding hydrogens is 392 g/mol. The van der Waals surface area contributed by atoms with Crippen LogP contribution in [0.2, 0.25) is 0 Å². The van der Waals surface area contributed by atoms with Gasteiger partial charge < -0.3 is 21.1 Å². The normalized spacial score (nSPS) is 11.1. The molecule has 0 fully saturated rings. The number of nitrogens with two attached hydrogens (primary N) is 1. The lowest BCUT2D eigenvalue weighted by Crippen LogP contribution is -2.30. The van der Waals surface area contributed by atoms with Gasteiger partial charge in [-0.05, 0) is 30.3 Å². The Balaban J connectivity index is 0.00000392. The standard InChI is InChI=1S/C19H21F2N3O3.ClH/c1-12(25)23-18(16-7-2-13(20)10-17(16)21)11-19(26)24-14-3-5-15(6-4-14)27-9-8-22;/h2-7,10,18H,8-9,11,22H2,1H3,(H,23,25)(H,24,26);1H. The van der Waals surface area contributed by atoms with Gasteiger partial charge >= 0.3 is 0 Å². The quantitative estimate of drug-likeness (QED) is 0.620. The van der Waals surface area contributed by atoms with Gasteiger partial charge in [-0.1, -0.05) is 6.07 Å². The van der Waals surface area contributed by atoms with Crippen molar-refractivity contribution in [3.05, 3.63) is 59.7 Å². The number of ether oxygens (including phenoxy) is 1. The van der Waals surface area contributed by atoms with E-state index in [2.05, 4.69) is 10.6 Å². The fourth-order valence-corrected chi connectivity index (χ4v) is 2.48. The van der Waals surface area contributed by atoms with Crippen molar-refractivity contribution in [1.29, 1.82) is 0 Å². The first kappa shape index (κ1) is 23.3. The van der Waals surface area contributed by atoms with E-state index in [1.165, 1.54) is 13.0 Å². The van der Waals surface area contributed by atoms with Gasteiger partial charge in [0.05, 0.1) is 12.5 Å². The van der Waals surface area contributed by atoms with Gasteiger partial charge in [0, 0.05) is 30.8 Å². The Morgan fingerprint density at radius 1 is 1.14 bits per heavy atom. The average molecular weight is 414 g/mol. The molecule has 4 N–H and O–H groups in total. The second-order valence-corrected chi connectivity index (χ2v) is 5.83. The molecule has 0 saturated carbocycles. The van der Waals surface area contributed by atoms with Gasteiger partial charge in [0.25, 0.3) is 0 Å². The molecule has 0 saturated heterocycles. The van der Waals surface area contributed by atoms with Crippen LogP contribution in [0.25, 0.3) is 0 Å². The zero-order valence-corrected chi connectivity index (χ0v) is 16.0. The van der Waals surface area contributed by atoms with Crippen LogP contribution in [0, 0.1) is 11.6 Å². The number of hydrogen-bond acceptors (Lipinski definition) is 4. The highest BCUT2D eigenvalue weighted by molar-refractivity contribution is 5.91. The maximum Gasteiger partial charge on any atom is 0.226 e. The van der Waals surface area contributed by atoms with Crippen LogP contribution in [-0.2, 0) is 9.59 Å². The van der Waals surface area contributed by atoms with Crippen molar-refractivity contribution < 1.29 is 23.1 Å². The van der Waals surface area contributed by atoms with Crippen molar-refractivity contribution in [1.82, 2.24) is 5.32 Å². The van der Waals surface area contributed by atoms with E-state index in [-0.39, 0.29) is 24.4 Å². The fourth-order valence-electron chi connectivity index (χ4n) is 2.48. The van der Waals surface area contributed by atoms with E-state index in [0.717, 1.165) is 6.07 Å². The highest BCUT2D eigenvalue weighted by Gasteiger charge is 2.21. The van der Waals surface area contributed by atoms with Gasteiger partial charge in [-0.15, -0.1) is 12.4 Å². The van der Waals surface area contributed by atoms with Crippen LogP contribution >= 0.6 is 12.4 Å². The summed E-state index contributed by atoms with van der Waals surface area (Å²) in [5.41, 5.74) is 5.91. The summed E-state index contributed by atoms with van der Waals surface area (Å²) in [6, 6.07) is 8.72. The zero-order chi connectivity index (χ0) is 19.8. The van der Waals surface area contributed by atoms with E-state index in [1.54, 1.807) is 24.3 Å². The zero-order valence-electron chi connectivity index (χ0n) is 15.2. The van der Waals surface area contributed by atoms with Crippen LogP contribution in [0.15, 0.2) is 42.5 Å². The van der Waals surface area contributed by atoms with Crippen LogP contribution in [0.1, 0.15) is 24.9 Å². The fraction of sp³-hybridized carbons (Fsp3) is 0.263. The van der Waals surface area contributed by atoms with Crippen molar-refractivity contribution >= 4 is 29.9 Å². The SMILES string of the molecule is CC(=O)NC(CC(=O)Nc1ccc(OCCN)cc1)c1ccc(F)cc1F.Cl. The van der Waals surface area contributed by atoms with E-state index >= 15 is 0 Å². The number of amides is 2. The Kier molecular flexibility index (Phi) is 9.34. The molecule has 2 aromatic rings. The summed E-state index contributed by atoms with van der Waals surface area (Å²) in [4.78, 5) is 23.7. The van der Waals surface area contributed by atoms with Crippen LogP contribution < -0.4 is 21.1 Å². The molecule has 152 valence electrons. The Morgan fingerprint density at radius 2 is 1.82 bits per heavy atom. The summed E-state index contributed by atoms with van der Waals surface area (Å²) in [5.74, 6) is -1.82. The molecule has 0 aliphatic carbocycles. The topological polar surface area (TPSA) is 93.5 Å². The van der Waals surface area contributed by atoms with Crippen LogP contribution in [-0.4, -0.2) is 25.0 Å². The molecule has 0 aliphatic heterocycles. The van der Waals surface area contributed by atoms with E-state index in [0.29, 0.717) is 30.7 Å². The van der Waals surface area contributed by atoms with Crippen LogP contribution in [0.4, 0.5) is 14.5 Å². The highest BCUT2D eigenvalue weighted by Crippen LogP contribution is 2.22.